The predicted octanol–water partition coefficient (Wildman–Crippen LogP) is 4.59. The van der Waals surface area contributed by atoms with Crippen LogP contribution in [-0.4, -0.2) is 19.1 Å². The fourth-order valence-electron chi connectivity index (χ4n) is 3.70. The van der Waals surface area contributed by atoms with Gasteiger partial charge in [-0.3, -0.25) is 4.55 Å². The van der Waals surface area contributed by atoms with Gasteiger partial charge < -0.3 is 4.74 Å². The second-order valence-corrected chi connectivity index (χ2v) is 8.43. The maximum Gasteiger partial charge on any atom is 0.294 e. The van der Waals surface area contributed by atoms with Gasteiger partial charge in [0.2, 0.25) is 0 Å². The maximum absolute atomic E-state index is 13.6. The fraction of sp³-hybridized carbons (Fsp3) is 0.182. The number of fused-ring (bicyclic) bond motifs is 1. The van der Waals surface area contributed by atoms with Crippen molar-refractivity contribution in [3.63, 3.8) is 0 Å². The first-order valence-electron chi connectivity index (χ1n) is 8.93. The minimum atomic E-state index is -4.31. The Hall–Kier alpha value is -2.70. The van der Waals surface area contributed by atoms with Gasteiger partial charge in [0, 0.05) is 18.4 Å². The van der Waals surface area contributed by atoms with Crippen LogP contribution in [0.5, 0.6) is 5.75 Å². The molecule has 1 N–H and O–H groups in total. The van der Waals surface area contributed by atoms with Crippen LogP contribution < -0.4 is 4.74 Å². The van der Waals surface area contributed by atoms with Gasteiger partial charge in [-0.15, -0.1) is 0 Å². The average molecular weight is 398 g/mol. The monoisotopic (exact) mass is 398 g/mol. The molecule has 0 spiro atoms. The quantitative estimate of drug-likeness (QED) is 0.653. The molecular formula is C22H19FO4S. The summed E-state index contributed by atoms with van der Waals surface area (Å²) >= 11 is 0. The molecule has 6 heteroatoms. The molecule has 144 valence electrons. The van der Waals surface area contributed by atoms with E-state index >= 15 is 0 Å². The van der Waals surface area contributed by atoms with Crippen LogP contribution in [0.2, 0.25) is 0 Å². The zero-order valence-electron chi connectivity index (χ0n) is 15.2. The third kappa shape index (κ3) is 3.66. The maximum atomic E-state index is 13.6. The van der Waals surface area contributed by atoms with E-state index in [1.54, 1.807) is 18.2 Å². The van der Waals surface area contributed by atoms with Crippen LogP contribution in [0.25, 0.3) is 11.1 Å². The van der Waals surface area contributed by atoms with Gasteiger partial charge in [-0.25, -0.2) is 4.39 Å². The Morgan fingerprint density at radius 3 is 2.64 bits per heavy atom. The molecule has 1 aliphatic heterocycles. The molecule has 1 aliphatic rings. The van der Waals surface area contributed by atoms with Crippen LogP contribution in [0.4, 0.5) is 4.39 Å². The lowest BCUT2D eigenvalue weighted by atomic mass is 9.99. The molecule has 1 atom stereocenters. The Bertz CT molecular complexity index is 1150. The second kappa shape index (κ2) is 7.04. The van der Waals surface area contributed by atoms with E-state index in [9.17, 15) is 17.4 Å². The van der Waals surface area contributed by atoms with E-state index in [1.165, 1.54) is 18.2 Å². The number of benzene rings is 3. The van der Waals surface area contributed by atoms with Crippen molar-refractivity contribution in [3.8, 4) is 16.9 Å². The zero-order valence-corrected chi connectivity index (χ0v) is 16.0. The Morgan fingerprint density at radius 1 is 1.11 bits per heavy atom. The Balaban J connectivity index is 1.66. The van der Waals surface area contributed by atoms with Gasteiger partial charge in [-0.1, -0.05) is 48.0 Å². The number of aryl methyl sites for hydroxylation is 1. The summed E-state index contributed by atoms with van der Waals surface area (Å²) in [6, 6.07) is 16.9. The van der Waals surface area contributed by atoms with Crippen LogP contribution in [0.1, 0.15) is 16.7 Å². The van der Waals surface area contributed by atoms with Gasteiger partial charge in [0.25, 0.3) is 10.1 Å². The van der Waals surface area contributed by atoms with Gasteiger partial charge in [0.1, 0.15) is 17.7 Å². The minimum absolute atomic E-state index is 0.0944. The summed E-state index contributed by atoms with van der Waals surface area (Å²) in [7, 11) is -4.31. The smallest absolute Gasteiger partial charge is 0.294 e. The van der Waals surface area contributed by atoms with E-state index in [-0.39, 0.29) is 16.8 Å². The van der Waals surface area contributed by atoms with Crippen molar-refractivity contribution in [1.29, 1.82) is 0 Å². The van der Waals surface area contributed by atoms with E-state index in [0.29, 0.717) is 24.2 Å². The summed E-state index contributed by atoms with van der Waals surface area (Å²) in [6.07, 6.45) is 0.679. The molecule has 4 rings (SSSR count). The Morgan fingerprint density at radius 2 is 1.89 bits per heavy atom. The SMILES string of the molecule is Cc1ccc(S(=O)(=O)O)c(CC2Cc3cccc(-c4cccc(F)c4)c3O2)c1. The van der Waals surface area contributed by atoms with Gasteiger partial charge >= 0.3 is 0 Å². The molecule has 1 heterocycles. The number of hydrogen-bond donors (Lipinski definition) is 1. The fourth-order valence-corrected chi connectivity index (χ4v) is 4.41. The Labute approximate surface area is 163 Å². The number of hydrogen-bond acceptors (Lipinski definition) is 3. The summed E-state index contributed by atoms with van der Waals surface area (Å²) in [6.45, 7) is 1.86. The highest BCUT2D eigenvalue weighted by Gasteiger charge is 2.28. The molecule has 0 amide bonds. The largest absolute Gasteiger partial charge is 0.489 e. The first-order chi connectivity index (χ1) is 13.3. The first kappa shape index (κ1) is 18.7. The van der Waals surface area contributed by atoms with Gasteiger partial charge in [-0.05, 0) is 41.8 Å². The number of ether oxygens (including phenoxy) is 1. The van der Waals surface area contributed by atoms with Crippen LogP contribution in [0.15, 0.2) is 65.6 Å². The summed E-state index contributed by atoms with van der Waals surface area (Å²) in [5.41, 5.74) is 3.95. The van der Waals surface area contributed by atoms with Gasteiger partial charge in [0.15, 0.2) is 0 Å². The molecule has 0 aliphatic carbocycles. The molecule has 0 aromatic heterocycles. The van der Waals surface area contributed by atoms with Crippen LogP contribution in [0.3, 0.4) is 0 Å². The predicted molar refractivity (Wildman–Crippen MR) is 105 cm³/mol. The van der Waals surface area contributed by atoms with Crippen molar-refractivity contribution in [2.75, 3.05) is 0 Å². The summed E-state index contributed by atoms with van der Waals surface area (Å²) in [5.74, 6) is 0.376. The normalized spacial score (nSPS) is 15.9. The highest BCUT2D eigenvalue weighted by Crippen LogP contribution is 2.40. The highest BCUT2D eigenvalue weighted by atomic mass is 32.2. The van der Waals surface area contributed by atoms with Crippen molar-refractivity contribution in [3.05, 3.63) is 83.2 Å². The lowest BCUT2D eigenvalue weighted by Crippen LogP contribution is -2.18. The third-order valence-electron chi connectivity index (χ3n) is 4.91. The second-order valence-electron chi connectivity index (χ2n) is 7.04. The van der Waals surface area contributed by atoms with E-state index < -0.39 is 10.1 Å². The lowest BCUT2D eigenvalue weighted by Gasteiger charge is -2.15. The van der Waals surface area contributed by atoms with E-state index in [2.05, 4.69) is 0 Å². The van der Waals surface area contributed by atoms with Crippen molar-refractivity contribution < 1.29 is 22.1 Å². The summed E-state index contributed by atoms with van der Waals surface area (Å²) in [5, 5.41) is 0. The van der Waals surface area contributed by atoms with Crippen LogP contribution >= 0.6 is 0 Å². The van der Waals surface area contributed by atoms with Crippen molar-refractivity contribution in [2.24, 2.45) is 0 Å². The molecule has 3 aromatic carbocycles. The molecule has 0 fully saturated rings. The molecule has 0 bridgehead atoms. The molecule has 0 saturated heterocycles. The Kier molecular flexibility index (Phi) is 4.69. The number of rotatable bonds is 4. The topological polar surface area (TPSA) is 63.6 Å². The van der Waals surface area contributed by atoms with Gasteiger partial charge in [0.05, 0.1) is 4.90 Å². The molecule has 4 nitrogen and oxygen atoms in total. The van der Waals surface area contributed by atoms with Crippen LogP contribution in [-0.2, 0) is 23.0 Å². The van der Waals surface area contributed by atoms with Crippen molar-refractivity contribution >= 4 is 10.1 Å². The van der Waals surface area contributed by atoms with E-state index in [1.807, 2.05) is 31.2 Å². The van der Waals surface area contributed by atoms with E-state index in [4.69, 9.17) is 4.74 Å². The summed E-state index contributed by atoms with van der Waals surface area (Å²) in [4.78, 5) is -0.0944. The molecular weight excluding hydrogens is 379 g/mol. The number of halogens is 1. The van der Waals surface area contributed by atoms with Crippen molar-refractivity contribution in [1.82, 2.24) is 0 Å². The standard InChI is InChI=1S/C22H19FO4S/c1-14-8-9-21(28(24,25)26)17(10-14)13-19-12-16-5-3-7-20(22(16)27-19)15-4-2-6-18(23)11-15/h2-11,19H,12-13H2,1H3,(H,24,25,26). The van der Waals surface area contributed by atoms with Crippen LogP contribution in [0, 0.1) is 12.7 Å². The molecule has 28 heavy (non-hydrogen) atoms. The highest BCUT2D eigenvalue weighted by molar-refractivity contribution is 7.85. The van der Waals surface area contributed by atoms with Crippen molar-refractivity contribution in [2.45, 2.75) is 30.8 Å². The molecule has 1 unspecified atom stereocenters. The number of para-hydroxylation sites is 1. The zero-order chi connectivity index (χ0) is 19.9. The third-order valence-corrected chi connectivity index (χ3v) is 5.86. The first-order valence-corrected chi connectivity index (χ1v) is 10.4. The van der Waals surface area contributed by atoms with Gasteiger partial charge in [-0.2, -0.15) is 8.42 Å². The molecule has 3 aromatic rings. The lowest BCUT2D eigenvalue weighted by molar-refractivity contribution is 0.233. The summed E-state index contributed by atoms with van der Waals surface area (Å²) < 4.78 is 52.7. The molecule has 0 saturated carbocycles. The van der Waals surface area contributed by atoms with E-state index in [0.717, 1.165) is 22.3 Å². The molecule has 0 radical (unpaired) electrons. The average Bonchev–Trinajstić information content (AvgIpc) is 3.03. The minimum Gasteiger partial charge on any atom is -0.489 e.